The van der Waals surface area contributed by atoms with Crippen LogP contribution in [0.25, 0.3) is 11.1 Å². The van der Waals surface area contributed by atoms with Gasteiger partial charge in [-0.05, 0) is 41.0 Å². The number of nitrogens with one attached hydrogen (secondary N) is 1. The van der Waals surface area contributed by atoms with Crippen LogP contribution in [0.4, 0.5) is 5.69 Å². The second-order valence-electron chi connectivity index (χ2n) is 6.07. The maximum Gasteiger partial charge on any atom is 0.161 e. The highest BCUT2D eigenvalue weighted by Crippen LogP contribution is 2.34. The van der Waals surface area contributed by atoms with Crippen LogP contribution in [-0.2, 0) is 0 Å². The van der Waals surface area contributed by atoms with E-state index in [4.69, 9.17) is 9.47 Å². The van der Waals surface area contributed by atoms with Crippen molar-refractivity contribution in [3.05, 3.63) is 78.4 Å². The number of para-hydroxylation sites is 1. The zero-order valence-electron chi connectivity index (χ0n) is 14.4. The Morgan fingerprint density at radius 3 is 2.31 bits per heavy atom. The van der Waals surface area contributed by atoms with Crippen molar-refractivity contribution >= 4 is 11.9 Å². The summed E-state index contributed by atoms with van der Waals surface area (Å²) in [6.45, 7) is 1.40. The lowest BCUT2D eigenvalue weighted by atomic mass is 10.0. The van der Waals surface area contributed by atoms with Gasteiger partial charge in [-0.1, -0.05) is 48.5 Å². The lowest BCUT2D eigenvalue weighted by molar-refractivity contribution is 0.297. The van der Waals surface area contributed by atoms with Crippen LogP contribution in [0.15, 0.2) is 77.9 Å². The van der Waals surface area contributed by atoms with Gasteiger partial charge >= 0.3 is 0 Å². The molecule has 0 radical (unpaired) electrons. The van der Waals surface area contributed by atoms with Gasteiger partial charge in [-0.2, -0.15) is 5.10 Å². The van der Waals surface area contributed by atoms with Gasteiger partial charge in [0.15, 0.2) is 11.5 Å². The monoisotopic (exact) mass is 344 g/mol. The summed E-state index contributed by atoms with van der Waals surface area (Å²) in [5.74, 6) is 1.64. The highest BCUT2D eigenvalue weighted by Gasteiger charge is 2.11. The van der Waals surface area contributed by atoms with Crippen molar-refractivity contribution in [2.24, 2.45) is 5.10 Å². The van der Waals surface area contributed by atoms with Crippen molar-refractivity contribution in [3.63, 3.8) is 0 Å². The largest absolute Gasteiger partial charge is 0.490 e. The van der Waals surface area contributed by atoms with Gasteiger partial charge < -0.3 is 9.47 Å². The minimum Gasteiger partial charge on any atom is -0.490 e. The molecule has 1 N–H and O–H groups in total. The van der Waals surface area contributed by atoms with E-state index < -0.39 is 0 Å². The van der Waals surface area contributed by atoms with Crippen molar-refractivity contribution in [2.75, 3.05) is 18.6 Å². The lowest BCUT2D eigenvalue weighted by Crippen LogP contribution is -1.97. The Kier molecular flexibility index (Phi) is 4.83. The van der Waals surface area contributed by atoms with Crippen molar-refractivity contribution in [3.8, 4) is 22.6 Å². The number of ether oxygens (including phenoxy) is 2. The molecule has 1 aliphatic rings. The highest BCUT2D eigenvalue weighted by molar-refractivity contribution is 5.81. The second kappa shape index (κ2) is 7.74. The van der Waals surface area contributed by atoms with E-state index in [1.807, 2.05) is 48.7 Å². The molecule has 0 amide bonds. The van der Waals surface area contributed by atoms with Gasteiger partial charge in [0.25, 0.3) is 0 Å². The summed E-state index contributed by atoms with van der Waals surface area (Å²) in [4.78, 5) is 0. The first-order valence-electron chi connectivity index (χ1n) is 8.73. The van der Waals surface area contributed by atoms with E-state index in [1.54, 1.807) is 0 Å². The number of hydrogen-bond acceptors (Lipinski definition) is 4. The predicted molar refractivity (Wildman–Crippen MR) is 105 cm³/mol. The number of hydrogen-bond donors (Lipinski definition) is 1. The van der Waals surface area contributed by atoms with Crippen molar-refractivity contribution in [2.45, 2.75) is 6.42 Å². The second-order valence-corrected chi connectivity index (χ2v) is 6.07. The molecule has 3 aromatic carbocycles. The molecule has 1 aliphatic heterocycles. The highest BCUT2D eigenvalue weighted by atomic mass is 16.5. The molecule has 4 rings (SSSR count). The molecule has 0 saturated carbocycles. The average molecular weight is 344 g/mol. The molecule has 4 nitrogen and oxygen atoms in total. The molecule has 0 spiro atoms. The maximum atomic E-state index is 5.78. The van der Waals surface area contributed by atoms with Crippen molar-refractivity contribution in [1.82, 2.24) is 0 Å². The van der Waals surface area contributed by atoms with Crippen molar-refractivity contribution < 1.29 is 9.47 Å². The number of benzene rings is 3. The number of fused-ring (bicyclic) bond motifs is 1. The minimum atomic E-state index is 0.695. The Bertz CT molecular complexity index is 890. The molecule has 0 unspecified atom stereocenters. The van der Waals surface area contributed by atoms with E-state index in [9.17, 15) is 0 Å². The summed E-state index contributed by atoms with van der Waals surface area (Å²) >= 11 is 0. The Hall–Kier alpha value is -3.27. The molecular weight excluding hydrogens is 324 g/mol. The Labute approximate surface area is 153 Å². The molecule has 0 aromatic heterocycles. The van der Waals surface area contributed by atoms with Crippen LogP contribution in [0.2, 0.25) is 0 Å². The molecule has 0 aliphatic carbocycles. The molecule has 0 saturated heterocycles. The third-order valence-electron chi connectivity index (χ3n) is 4.17. The normalized spacial score (nSPS) is 13.4. The number of nitrogens with zero attached hydrogens (tertiary/aromatic N) is 1. The zero-order valence-corrected chi connectivity index (χ0v) is 14.4. The van der Waals surface area contributed by atoms with Crippen LogP contribution in [0.1, 0.15) is 12.0 Å². The Morgan fingerprint density at radius 1 is 0.769 bits per heavy atom. The van der Waals surface area contributed by atoms with E-state index in [2.05, 4.69) is 40.9 Å². The quantitative estimate of drug-likeness (QED) is 0.537. The summed E-state index contributed by atoms with van der Waals surface area (Å²) < 4.78 is 11.5. The maximum absolute atomic E-state index is 5.78. The summed E-state index contributed by atoms with van der Waals surface area (Å²) in [6.07, 6.45) is 2.72. The molecule has 0 atom stereocenters. The van der Waals surface area contributed by atoms with Crippen LogP contribution in [0.3, 0.4) is 0 Å². The van der Waals surface area contributed by atoms with Crippen LogP contribution in [0.5, 0.6) is 11.5 Å². The molecule has 4 heteroatoms. The Balaban J connectivity index is 1.46. The SMILES string of the molecule is C(=NNc1ccccc1)c1ccc(-c2ccc3c(c2)OCCCO3)cc1. The molecule has 26 heavy (non-hydrogen) atoms. The standard InChI is InChI=1S/C22H20N2O2/c1-2-5-20(6-3-1)24-23-16-17-7-9-18(10-8-17)19-11-12-21-22(15-19)26-14-4-13-25-21/h1-3,5-12,15-16,24H,4,13-14H2. The zero-order chi connectivity index (χ0) is 17.6. The summed E-state index contributed by atoms with van der Waals surface area (Å²) in [6, 6.07) is 24.2. The van der Waals surface area contributed by atoms with Crippen LogP contribution in [-0.4, -0.2) is 19.4 Å². The molecule has 0 fully saturated rings. The molecule has 1 heterocycles. The van der Waals surface area contributed by atoms with E-state index in [0.717, 1.165) is 40.3 Å². The van der Waals surface area contributed by atoms with Crippen LogP contribution < -0.4 is 14.9 Å². The number of rotatable bonds is 4. The molecule has 0 bridgehead atoms. The van der Waals surface area contributed by atoms with Gasteiger partial charge in [-0.25, -0.2) is 0 Å². The molecule has 3 aromatic rings. The van der Waals surface area contributed by atoms with Gasteiger partial charge in [0.2, 0.25) is 0 Å². The minimum absolute atomic E-state index is 0.695. The molecular formula is C22H20N2O2. The predicted octanol–water partition coefficient (Wildman–Crippen LogP) is 4.96. The van der Waals surface area contributed by atoms with Gasteiger partial charge in [0.05, 0.1) is 25.1 Å². The van der Waals surface area contributed by atoms with Crippen molar-refractivity contribution in [1.29, 1.82) is 0 Å². The average Bonchev–Trinajstić information content (AvgIpc) is 2.94. The number of hydrazone groups is 1. The Morgan fingerprint density at radius 2 is 1.50 bits per heavy atom. The third-order valence-corrected chi connectivity index (χ3v) is 4.17. The summed E-state index contributed by atoms with van der Waals surface area (Å²) in [5.41, 5.74) is 7.26. The third kappa shape index (κ3) is 3.86. The summed E-state index contributed by atoms with van der Waals surface area (Å²) in [5, 5.41) is 4.27. The first-order valence-corrected chi connectivity index (χ1v) is 8.73. The van der Waals surface area contributed by atoms with Gasteiger partial charge in [0, 0.05) is 6.42 Å². The van der Waals surface area contributed by atoms with Gasteiger partial charge in [-0.3, -0.25) is 5.43 Å². The van der Waals surface area contributed by atoms with E-state index in [-0.39, 0.29) is 0 Å². The fourth-order valence-electron chi connectivity index (χ4n) is 2.80. The lowest BCUT2D eigenvalue weighted by Gasteiger charge is -2.09. The van der Waals surface area contributed by atoms with Gasteiger partial charge in [0.1, 0.15) is 0 Å². The van der Waals surface area contributed by atoms with Gasteiger partial charge in [-0.15, -0.1) is 0 Å². The van der Waals surface area contributed by atoms with Crippen LogP contribution in [0, 0.1) is 0 Å². The fraction of sp³-hybridized carbons (Fsp3) is 0.136. The topological polar surface area (TPSA) is 42.9 Å². The first-order chi connectivity index (χ1) is 12.9. The first kappa shape index (κ1) is 16.2. The van der Waals surface area contributed by atoms with Crippen LogP contribution >= 0.6 is 0 Å². The smallest absolute Gasteiger partial charge is 0.161 e. The number of anilines is 1. The summed E-state index contributed by atoms with van der Waals surface area (Å²) in [7, 11) is 0. The fourth-order valence-corrected chi connectivity index (χ4v) is 2.80. The van der Waals surface area contributed by atoms with E-state index in [1.165, 1.54) is 0 Å². The van der Waals surface area contributed by atoms with E-state index >= 15 is 0 Å². The molecule has 130 valence electrons. The van der Waals surface area contributed by atoms with E-state index in [0.29, 0.717) is 13.2 Å².